The summed E-state index contributed by atoms with van der Waals surface area (Å²) in [6.07, 6.45) is 3.07. The molecular weight excluding hydrogens is 206 g/mol. The van der Waals surface area contributed by atoms with Gasteiger partial charge in [-0.25, -0.2) is 9.97 Å². The second-order valence-corrected chi connectivity index (χ2v) is 4.11. The van der Waals surface area contributed by atoms with Crippen LogP contribution in [0.5, 0.6) is 0 Å². The Morgan fingerprint density at radius 1 is 1.44 bits per heavy atom. The van der Waals surface area contributed by atoms with E-state index in [-0.39, 0.29) is 5.91 Å². The van der Waals surface area contributed by atoms with Crippen LogP contribution in [0.25, 0.3) is 0 Å². The summed E-state index contributed by atoms with van der Waals surface area (Å²) < 4.78 is 0. The predicted molar refractivity (Wildman–Crippen MR) is 62.8 cm³/mol. The van der Waals surface area contributed by atoms with Crippen molar-refractivity contribution in [2.24, 2.45) is 5.41 Å². The number of nitrogens with one attached hydrogen (secondary N) is 2. The average Bonchev–Trinajstić information content (AvgIpc) is 2.27. The lowest BCUT2D eigenvalue weighted by molar-refractivity contribution is -0.128. The number of nitrogen functional groups attached to an aromatic ring is 1. The minimum absolute atomic E-state index is 0.0394. The number of anilines is 2. The SMILES string of the molecule is CNC(=O)C(C)(C)CNc1nccnc1N. The van der Waals surface area contributed by atoms with Gasteiger partial charge in [0.25, 0.3) is 0 Å². The first-order valence-electron chi connectivity index (χ1n) is 5.00. The molecule has 1 amide bonds. The normalized spacial score (nSPS) is 10.9. The summed E-state index contributed by atoms with van der Waals surface area (Å²) >= 11 is 0. The lowest BCUT2D eigenvalue weighted by Gasteiger charge is -2.23. The van der Waals surface area contributed by atoms with Crippen molar-refractivity contribution in [3.63, 3.8) is 0 Å². The zero-order valence-electron chi connectivity index (χ0n) is 9.74. The summed E-state index contributed by atoms with van der Waals surface area (Å²) in [4.78, 5) is 19.5. The van der Waals surface area contributed by atoms with Crippen LogP contribution in [0.1, 0.15) is 13.8 Å². The highest BCUT2D eigenvalue weighted by Gasteiger charge is 2.26. The van der Waals surface area contributed by atoms with E-state index in [1.54, 1.807) is 13.2 Å². The molecule has 1 aromatic heterocycles. The highest BCUT2D eigenvalue weighted by atomic mass is 16.2. The molecule has 1 rings (SSSR count). The number of amides is 1. The van der Waals surface area contributed by atoms with E-state index >= 15 is 0 Å². The van der Waals surface area contributed by atoms with E-state index in [0.29, 0.717) is 18.2 Å². The Labute approximate surface area is 94.7 Å². The van der Waals surface area contributed by atoms with Crippen molar-refractivity contribution < 1.29 is 4.79 Å². The summed E-state index contributed by atoms with van der Waals surface area (Å²) in [5, 5.41) is 5.62. The molecule has 0 fully saturated rings. The summed E-state index contributed by atoms with van der Waals surface area (Å²) in [5.41, 5.74) is 5.09. The van der Waals surface area contributed by atoms with Gasteiger partial charge in [-0.05, 0) is 13.8 Å². The first-order chi connectivity index (χ1) is 7.47. The third-order valence-corrected chi connectivity index (χ3v) is 2.27. The Morgan fingerprint density at radius 3 is 2.62 bits per heavy atom. The summed E-state index contributed by atoms with van der Waals surface area (Å²) in [5.74, 6) is 0.789. The molecule has 88 valence electrons. The van der Waals surface area contributed by atoms with E-state index in [2.05, 4.69) is 20.6 Å². The monoisotopic (exact) mass is 223 g/mol. The molecule has 0 aliphatic carbocycles. The number of carbonyl (C=O) groups excluding carboxylic acids is 1. The lowest BCUT2D eigenvalue weighted by Crippen LogP contribution is -2.39. The average molecular weight is 223 g/mol. The molecule has 0 aliphatic heterocycles. The number of carbonyl (C=O) groups is 1. The van der Waals surface area contributed by atoms with Crippen LogP contribution < -0.4 is 16.4 Å². The van der Waals surface area contributed by atoms with Gasteiger partial charge in [0.2, 0.25) is 5.91 Å². The smallest absolute Gasteiger partial charge is 0.227 e. The Hall–Kier alpha value is -1.85. The van der Waals surface area contributed by atoms with Crippen molar-refractivity contribution in [1.82, 2.24) is 15.3 Å². The third kappa shape index (κ3) is 2.82. The highest BCUT2D eigenvalue weighted by molar-refractivity contribution is 5.82. The number of nitrogens with two attached hydrogens (primary N) is 1. The van der Waals surface area contributed by atoms with Gasteiger partial charge >= 0.3 is 0 Å². The number of aromatic nitrogens is 2. The van der Waals surface area contributed by atoms with Gasteiger partial charge in [-0.1, -0.05) is 0 Å². The van der Waals surface area contributed by atoms with E-state index in [1.165, 1.54) is 6.20 Å². The summed E-state index contributed by atoms with van der Waals surface area (Å²) in [6.45, 7) is 4.12. The van der Waals surface area contributed by atoms with E-state index < -0.39 is 5.41 Å². The molecule has 0 saturated carbocycles. The molecule has 0 saturated heterocycles. The second-order valence-electron chi connectivity index (χ2n) is 4.11. The summed E-state index contributed by atoms with van der Waals surface area (Å²) in [6, 6.07) is 0. The van der Waals surface area contributed by atoms with Crippen LogP contribution in [0, 0.1) is 5.41 Å². The quantitative estimate of drug-likeness (QED) is 0.680. The van der Waals surface area contributed by atoms with Gasteiger partial charge in [-0.15, -0.1) is 0 Å². The molecule has 0 unspecified atom stereocenters. The first-order valence-corrected chi connectivity index (χ1v) is 5.00. The molecule has 0 radical (unpaired) electrons. The van der Waals surface area contributed by atoms with Crippen molar-refractivity contribution in [2.75, 3.05) is 24.6 Å². The maximum Gasteiger partial charge on any atom is 0.227 e. The molecule has 1 heterocycles. The minimum Gasteiger partial charge on any atom is -0.381 e. The lowest BCUT2D eigenvalue weighted by atomic mass is 9.92. The minimum atomic E-state index is -0.529. The van der Waals surface area contributed by atoms with Gasteiger partial charge in [0.05, 0.1) is 5.41 Å². The van der Waals surface area contributed by atoms with Gasteiger partial charge < -0.3 is 16.4 Å². The number of hydrogen-bond donors (Lipinski definition) is 3. The van der Waals surface area contributed by atoms with Gasteiger partial charge in [0, 0.05) is 26.0 Å². The third-order valence-electron chi connectivity index (χ3n) is 2.27. The molecule has 0 aromatic carbocycles. The van der Waals surface area contributed by atoms with Crippen LogP contribution in [0.4, 0.5) is 11.6 Å². The van der Waals surface area contributed by atoms with E-state index in [1.807, 2.05) is 13.8 Å². The Balaban J connectivity index is 2.65. The maximum atomic E-state index is 11.5. The van der Waals surface area contributed by atoms with Crippen LogP contribution in [-0.4, -0.2) is 29.5 Å². The molecule has 16 heavy (non-hydrogen) atoms. The molecule has 1 aromatic rings. The molecule has 0 spiro atoms. The van der Waals surface area contributed by atoms with Crippen molar-refractivity contribution in [1.29, 1.82) is 0 Å². The van der Waals surface area contributed by atoms with Crippen molar-refractivity contribution in [3.8, 4) is 0 Å². The molecule has 4 N–H and O–H groups in total. The standard InChI is InChI=1S/C10H17N5O/c1-10(2,9(16)12-3)6-15-8-7(11)13-4-5-14-8/h4-5H,6H2,1-3H3,(H2,11,13)(H,12,16)(H,14,15). The molecule has 0 atom stereocenters. The van der Waals surface area contributed by atoms with Gasteiger partial charge in [-0.2, -0.15) is 0 Å². The topological polar surface area (TPSA) is 92.9 Å². The molecular formula is C10H17N5O. The fraction of sp³-hybridized carbons (Fsp3) is 0.500. The molecule has 0 aliphatic rings. The number of hydrogen-bond acceptors (Lipinski definition) is 5. The molecule has 0 bridgehead atoms. The molecule has 6 nitrogen and oxygen atoms in total. The summed E-state index contributed by atoms with van der Waals surface area (Å²) in [7, 11) is 1.61. The van der Waals surface area contributed by atoms with Crippen LogP contribution in [-0.2, 0) is 4.79 Å². The largest absolute Gasteiger partial charge is 0.381 e. The van der Waals surface area contributed by atoms with Crippen molar-refractivity contribution in [3.05, 3.63) is 12.4 Å². The first kappa shape index (κ1) is 12.2. The van der Waals surface area contributed by atoms with Crippen LogP contribution in [0.2, 0.25) is 0 Å². The van der Waals surface area contributed by atoms with Gasteiger partial charge in [-0.3, -0.25) is 4.79 Å². The fourth-order valence-electron chi connectivity index (χ4n) is 1.21. The Bertz CT molecular complexity index is 377. The second kappa shape index (κ2) is 4.78. The van der Waals surface area contributed by atoms with E-state index in [4.69, 9.17) is 5.73 Å². The van der Waals surface area contributed by atoms with Gasteiger partial charge in [0.15, 0.2) is 11.6 Å². The maximum absolute atomic E-state index is 11.5. The molecule has 6 heteroatoms. The van der Waals surface area contributed by atoms with Gasteiger partial charge in [0.1, 0.15) is 0 Å². The Morgan fingerprint density at radius 2 is 2.06 bits per heavy atom. The van der Waals surface area contributed by atoms with Crippen LogP contribution >= 0.6 is 0 Å². The van der Waals surface area contributed by atoms with E-state index in [9.17, 15) is 4.79 Å². The van der Waals surface area contributed by atoms with Crippen molar-refractivity contribution >= 4 is 17.5 Å². The Kier molecular flexibility index (Phi) is 3.65. The van der Waals surface area contributed by atoms with Crippen LogP contribution in [0.15, 0.2) is 12.4 Å². The predicted octanol–water partition coefficient (Wildman–Crippen LogP) is 0.243. The fourth-order valence-corrected chi connectivity index (χ4v) is 1.21. The van der Waals surface area contributed by atoms with Crippen molar-refractivity contribution in [2.45, 2.75) is 13.8 Å². The van der Waals surface area contributed by atoms with E-state index in [0.717, 1.165) is 0 Å². The zero-order valence-corrected chi connectivity index (χ0v) is 9.74. The zero-order chi connectivity index (χ0) is 12.2. The highest BCUT2D eigenvalue weighted by Crippen LogP contribution is 2.17. The number of rotatable bonds is 4. The number of nitrogens with zero attached hydrogens (tertiary/aromatic N) is 2. The van der Waals surface area contributed by atoms with Crippen LogP contribution in [0.3, 0.4) is 0 Å².